The summed E-state index contributed by atoms with van der Waals surface area (Å²) in [6.45, 7) is 9.62. The Bertz CT molecular complexity index is 1190. The monoisotopic (exact) mass is 474 g/mol. The van der Waals surface area contributed by atoms with Gasteiger partial charge in [-0.05, 0) is 58.6 Å². The SMILES string of the molecule is Cc1cc(C)cc(C(O)(c2cc(C)cc(C)c2)[C@@H]2CCCN2C(=O)c2cnc(C)c(O)c2CO)c1. The molecule has 3 aromatic rings. The number of likely N-dealkylation sites (tertiary alicyclic amines) is 1. The van der Waals surface area contributed by atoms with E-state index < -0.39 is 18.2 Å². The number of hydrogen-bond acceptors (Lipinski definition) is 5. The molecule has 1 saturated heterocycles. The molecule has 0 saturated carbocycles. The Morgan fingerprint density at radius 2 is 1.49 bits per heavy atom. The van der Waals surface area contributed by atoms with Gasteiger partial charge in [-0.15, -0.1) is 0 Å². The highest BCUT2D eigenvalue weighted by molar-refractivity contribution is 5.96. The van der Waals surface area contributed by atoms with Crippen molar-refractivity contribution in [3.05, 3.63) is 92.8 Å². The topological polar surface area (TPSA) is 93.9 Å². The maximum atomic E-state index is 13.8. The molecule has 6 heteroatoms. The molecule has 184 valence electrons. The summed E-state index contributed by atoms with van der Waals surface area (Å²) in [7, 11) is 0. The number of aliphatic hydroxyl groups is 2. The van der Waals surface area contributed by atoms with Crippen LogP contribution < -0.4 is 0 Å². The van der Waals surface area contributed by atoms with Crippen molar-refractivity contribution in [3.8, 4) is 5.75 Å². The molecule has 4 rings (SSSR count). The number of aromatic hydroxyl groups is 1. The van der Waals surface area contributed by atoms with Gasteiger partial charge in [0, 0.05) is 18.3 Å². The van der Waals surface area contributed by atoms with Gasteiger partial charge in [-0.2, -0.15) is 0 Å². The molecule has 2 aromatic carbocycles. The first-order valence-corrected chi connectivity index (χ1v) is 12.1. The fourth-order valence-electron chi connectivity index (χ4n) is 5.53. The molecule has 1 aromatic heterocycles. The molecule has 2 heterocycles. The summed E-state index contributed by atoms with van der Waals surface area (Å²) in [6.07, 6.45) is 2.75. The second kappa shape index (κ2) is 9.44. The summed E-state index contributed by atoms with van der Waals surface area (Å²) in [4.78, 5) is 19.7. The van der Waals surface area contributed by atoms with Crippen LogP contribution in [0, 0.1) is 34.6 Å². The summed E-state index contributed by atoms with van der Waals surface area (Å²) >= 11 is 0. The molecule has 3 N–H and O–H groups in total. The molecule has 1 atom stereocenters. The van der Waals surface area contributed by atoms with Gasteiger partial charge in [-0.3, -0.25) is 9.78 Å². The third kappa shape index (κ3) is 4.44. The highest BCUT2D eigenvalue weighted by atomic mass is 16.3. The predicted octanol–water partition coefficient (Wildman–Crippen LogP) is 4.36. The van der Waals surface area contributed by atoms with Crippen molar-refractivity contribution in [1.82, 2.24) is 9.88 Å². The van der Waals surface area contributed by atoms with E-state index in [1.54, 1.807) is 11.8 Å². The number of aryl methyl sites for hydroxylation is 5. The van der Waals surface area contributed by atoms with Gasteiger partial charge in [-0.1, -0.05) is 58.7 Å². The quantitative estimate of drug-likeness (QED) is 0.511. The number of pyridine rings is 1. The lowest BCUT2D eigenvalue weighted by molar-refractivity contribution is -0.000969. The number of carbonyl (C=O) groups excluding carboxylic acids is 1. The zero-order valence-corrected chi connectivity index (χ0v) is 21.1. The van der Waals surface area contributed by atoms with Gasteiger partial charge in [0.2, 0.25) is 0 Å². The lowest BCUT2D eigenvalue weighted by atomic mass is 9.77. The van der Waals surface area contributed by atoms with Crippen LogP contribution in [-0.4, -0.2) is 43.7 Å². The summed E-state index contributed by atoms with van der Waals surface area (Å²) < 4.78 is 0. The number of aromatic nitrogens is 1. The van der Waals surface area contributed by atoms with Gasteiger partial charge in [-0.25, -0.2) is 0 Å². The molecule has 0 radical (unpaired) electrons. The van der Waals surface area contributed by atoms with Crippen LogP contribution in [0.3, 0.4) is 0 Å². The van der Waals surface area contributed by atoms with Crippen molar-refractivity contribution in [2.24, 2.45) is 0 Å². The Morgan fingerprint density at radius 3 is 1.97 bits per heavy atom. The van der Waals surface area contributed by atoms with Crippen LogP contribution in [-0.2, 0) is 12.2 Å². The molecule has 0 aliphatic carbocycles. The normalized spacial score (nSPS) is 16.1. The smallest absolute Gasteiger partial charge is 0.256 e. The van der Waals surface area contributed by atoms with Crippen LogP contribution in [0.2, 0.25) is 0 Å². The molecule has 0 spiro atoms. The van der Waals surface area contributed by atoms with Gasteiger partial charge < -0.3 is 20.2 Å². The Hall–Kier alpha value is -3.22. The molecule has 6 nitrogen and oxygen atoms in total. The van der Waals surface area contributed by atoms with Crippen LogP contribution in [0.4, 0.5) is 0 Å². The molecule has 0 bridgehead atoms. The zero-order chi connectivity index (χ0) is 25.5. The standard InChI is InChI=1S/C29H34N2O4/c1-17-9-18(2)12-22(11-17)29(35,23-13-19(3)10-20(4)14-23)26-7-6-8-31(26)28(34)24-15-30-21(5)27(33)25(24)16-32/h9-15,26,32-33,35H,6-8,16H2,1-5H3/t26-/m0/s1. The van der Waals surface area contributed by atoms with Gasteiger partial charge in [0.1, 0.15) is 11.4 Å². The van der Waals surface area contributed by atoms with Crippen molar-refractivity contribution in [1.29, 1.82) is 0 Å². The van der Waals surface area contributed by atoms with E-state index in [0.29, 0.717) is 18.7 Å². The number of hydrogen-bond donors (Lipinski definition) is 3. The lowest BCUT2D eigenvalue weighted by Gasteiger charge is -2.41. The van der Waals surface area contributed by atoms with Crippen LogP contribution in [0.15, 0.2) is 42.6 Å². The molecule has 0 unspecified atom stereocenters. The van der Waals surface area contributed by atoms with Crippen molar-refractivity contribution in [3.63, 3.8) is 0 Å². The molecule has 1 aliphatic heterocycles. The van der Waals surface area contributed by atoms with E-state index in [1.165, 1.54) is 6.20 Å². The third-order valence-electron chi connectivity index (χ3n) is 7.05. The fourth-order valence-corrected chi connectivity index (χ4v) is 5.53. The molecular formula is C29H34N2O4. The number of rotatable bonds is 5. The van der Waals surface area contributed by atoms with Crippen LogP contribution in [0.1, 0.15) is 67.8 Å². The van der Waals surface area contributed by atoms with E-state index in [2.05, 4.69) is 17.1 Å². The Balaban J connectivity index is 1.89. The number of amides is 1. The minimum absolute atomic E-state index is 0.158. The molecule has 1 amide bonds. The van der Waals surface area contributed by atoms with E-state index in [9.17, 15) is 20.1 Å². The number of carbonyl (C=O) groups is 1. The summed E-state index contributed by atoms with van der Waals surface area (Å²) in [5.74, 6) is -0.528. The minimum Gasteiger partial charge on any atom is -0.506 e. The van der Waals surface area contributed by atoms with Crippen LogP contribution in [0.25, 0.3) is 0 Å². The van der Waals surface area contributed by atoms with Crippen LogP contribution >= 0.6 is 0 Å². The largest absolute Gasteiger partial charge is 0.506 e. The molecule has 35 heavy (non-hydrogen) atoms. The van der Waals surface area contributed by atoms with Gasteiger partial charge in [0.25, 0.3) is 5.91 Å². The Kier molecular flexibility index (Phi) is 6.71. The predicted molar refractivity (Wildman–Crippen MR) is 135 cm³/mol. The molecule has 1 fully saturated rings. The van der Waals surface area contributed by atoms with Crippen LogP contribution in [0.5, 0.6) is 5.75 Å². The number of benzene rings is 2. The first kappa shape index (κ1) is 24.9. The lowest BCUT2D eigenvalue weighted by Crippen LogP contribution is -2.50. The van der Waals surface area contributed by atoms with Crippen molar-refractivity contribution in [2.75, 3.05) is 6.54 Å². The number of aliphatic hydroxyl groups excluding tert-OH is 1. The first-order valence-electron chi connectivity index (χ1n) is 12.1. The number of nitrogens with zero attached hydrogens (tertiary/aromatic N) is 2. The van der Waals surface area contributed by atoms with Gasteiger partial charge in [0.05, 0.1) is 23.9 Å². The second-order valence-corrected chi connectivity index (χ2v) is 9.92. The van der Waals surface area contributed by atoms with Crippen molar-refractivity contribution >= 4 is 5.91 Å². The Labute approximate surface area is 206 Å². The summed E-state index contributed by atoms with van der Waals surface area (Å²) in [6, 6.07) is 11.6. The zero-order valence-electron chi connectivity index (χ0n) is 21.1. The average Bonchev–Trinajstić information content (AvgIpc) is 3.29. The molecule has 1 aliphatic rings. The van der Waals surface area contributed by atoms with E-state index in [0.717, 1.165) is 39.8 Å². The average molecular weight is 475 g/mol. The second-order valence-electron chi connectivity index (χ2n) is 9.92. The fraction of sp³-hybridized carbons (Fsp3) is 0.379. The van der Waals surface area contributed by atoms with E-state index in [-0.39, 0.29) is 22.8 Å². The van der Waals surface area contributed by atoms with Crippen molar-refractivity contribution in [2.45, 2.75) is 65.7 Å². The van der Waals surface area contributed by atoms with E-state index >= 15 is 0 Å². The highest BCUT2D eigenvalue weighted by Gasteiger charge is 2.48. The maximum Gasteiger partial charge on any atom is 0.256 e. The highest BCUT2D eigenvalue weighted by Crippen LogP contribution is 2.42. The minimum atomic E-state index is -1.45. The third-order valence-corrected chi connectivity index (χ3v) is 7.05. The summed E-state index contributed by atoms with van der Waals surface area (Å²) in [5.41, 5.74) is 4.87. The van der Waals surface area contributed by atoms with E-state index in [4.69, 9.17) is 0 Å². The van der Waals surface area contributed by atoms with Crippen molar-refractivity contribution < 1.29 is 20.1 Å². The summed E-state index contributed by atoms with van der Waals surface area (Å²) in [5, 5.41) is 33.0. The van der Waals surface area contributed by atoms with E-state index in [1.807, 2.05) is 52.0 Å². The van der Waals surface area contributed by atoms with Gasteiger partial charge in [0.15, 0.2) is 0 Å². The maximum absolute atomic E-state index is 13.8. The first-order chi connectivity index (χ1) is 16.6. The Morgan fingerprint density at radius 1 is 0.971 bits per heavy atom. The van der Waals surface area contributed by atoms with Gasteiger partial charge >= 0.3 is 0 Å². The molecular weight excluding hydrogens is 440 g/mol.